The summed E-state index contributed by atoms with van der Waals surface area (Å²) in [6.45, 7) is 8.05. The molecule has 1 aliphatic rings. The summed E-state index contributed by atoms with van der Waals surface area (Å²) in [5.74, 6) is 0.668. The molecule has 2 aromatic rings. The number of nitrogens with zero attached hydrogens (tertiary/aromatic N) is 3. The van der Waals surface area contributed by atoms with Crippen molar-refractivity contribution in [1.29, 1.82) is 5.26 Å². The Labute approximate surface area is 173 Å². The molecule has 1 aromatic carbocycles. The number of hydrogen-bond acceptors (Lipinski definition) is 6. The fourth-order valence-electron chi connectivity index (χ4n) is 2.76. The van der Waals surface area contributed by atoms with Crippen molar-refractivity contribution in [2.45, 2.75) is 39.2 Å². The van der Waals surface area contributed by atoms with Gasteiger partial charge in [-0.3, -0.25) is 9.59 Å². The number of nitriles is 1. The van der Waals surface area contributed by atoms with Crippen LogP contribution in [0.1, 0.15) is 46.7 Å². The number of aryl methyl sites for hydroxylation is 1. The summed E-state index contributed by atoms with van der Waals surface area (Å²) in [5.41, 5.74) is 1.72. The van der Waals surface area contributed by atoms with E-state index in [1.807, 2.05) is 13.0 Å². The van der Waals surface area contributed by atoms with Crippen molar-refractivity contribution in [3.63, 3.8) is 0 Å². The highest BCUT2D eigenvalue weighted by atomic mass is 32.2. The van der Waals surface area contributed by atoms with Crippen LogP contribution in [0.15, 0.2) is 24.3 Å². The molecule has 0 bridgehead atoms. The molecule has 0 spiro atoms. The van der Waals surface area contributed by atoms with E-state index in [4.69, 9.17) is 5.26 Å². The molecule has 146 valence electrons. The van der Waals surface area contributed by atoms with Crippen molar-refractivity contribution in [1.82, 2.24) is 9.88 Å². The Kier molecular flexibility index (Phi) is 5.77. The van der Waals surface area contributed by atoms with Crippen LogP contribution in [0.4, 0.5) is 5.69 Å². The molecule has 0 aliphatic carbocycles. The maximum atomic E-state index is 13.1. The Morgan fingerprint density at radius 2 is 1.96 bits per heavy atom. The van der Waals surface area contributed by atoms with Crippen molar-refractivity contribution in [3.05, 3.63) is 45.4 Å². The largest absolute Gasteiger partial charge is 0.324 e. The molecule has 3 rings (SSSR count). The van der Waals surface area contributed by atoms with Crippen molar-refractivity contribution < 1.29 is 9.59 Å². The smallest absolute Gasteiger partial charge is 0.267 e. The Morgan fingerprint density at radius 1 is 1.29 bits per heavy atom. The highest BCUT2D eigenvalue weighted by Crippen LogP contribution is 2.32. The molecule has 1 aromatic heterocycles. The number of thiazole rings is 1. The third-order valence-corrected chi connectivity index (χ3v) is 6.94. The first-order chi connectivity index (χ1) is 13.2. The molecule has 6 nitrogen and oxygen atoms in total. The number of rotatable bonds is 3. The number of aromatic nitrogens is 1. The Bertz CT molecular complexity index is 939. The van der Waals surface area contributed by atoms with Crippen LogP contribution in [0.2, 0.25) is 0 Å². The fourth-order valence-corrected chi connectivity index (χ4v) is 4.99. The van der Waals surface area contributed by atoms with E-state index in [0.717, 1.165) is 5.01 Å². The molecule has 1 N–H and O–H groups in total. The first-order valence-corrected chi connectivity index (χ1v) is 10.9. The number of carbonyl (C=O) groups is 2. The summed E-state index contributed by atoms with van der Waals surface area (Å²) in [5, 5.41) is 12.6. The third kappa shape index (κ3) is 4.21. The van der Waals surface area contributed by atoms with E-state index in [1.165, 1.54) is 11.3 Å². The third-order valence-electron chi connectivity index (χ3n) is 4.36. The maximum absolute atomic E-state index is 13.1. The van der Waals surface area contributed by atoms with Crippen molar-refractivity contribution in [2.75, 3.05) is 16.9 Å². The topological polar surface area (TPSA) is 86.1 Å². The van der Waals surface area contributed by atoms with Gasteiger partial charge in [-0.1, -0.05) is 20.8 Å². The number of nitrogens with one attached hydrogen (secondary N) is 1. The Hall–Kier alpha value is -2.37. The van der Waals surface area contributed by atoms with E-state index in [1.54, 1.807) is 40.9 Å². The molecule has 2 amide bonds. The van der Waals surface area contributed by atoms with Crippen LogP contribution in [-0.4, -0.2) is 39.4 Å². The van der Waals surface area contributed by atoms with Crippen LogP contribution < -0.4 is 5.32 Å². The fraction of sp³-hybridized carbons (Fsp3) is 0.400. The quantitative estimate of drug-likeness (QED) is 0.826. The lowest BCUT2D eigenvalue weighted by molar-refractivity contribution is -0.119. The summed E-state index contributed by atoms with van der Waals surface area (Å²) in [4.78, 5) is 32.7. The molecule has 1 aliphatic heterocycles. The molecule has 1 unspecified atom stereocenters. The van der Waals surface area contributed by atoms with Crippen LogP contribution in [0.3, 0.4) is 0 Å². The predicted octanol–water partition coefficient (Wildman–Crippen LogP) is 3.77. The van der Waals surface area contributed by atoms with E-state index in [9.17, 15) is 9.59 Å². The van der Waals surface area contributed by atoms with Crippen molar-refractivity contribution in [3.8, 4) is 6.07 Å². The van der Waals surface area contributed by atoms with Gasteiger partial charge in [-0.25, -0.2) is 4.98 Å². The SMILES string of the molecule is Cc1nc(C(C)(C)C)sc1C(=O)N1CSCC1C(=O)Nc1ccc(C#N)cc1. The van der Waals surface area contributed by atoms with E-state index < -0.39 is 6.04 Å². The number of anilines is 1. The normalized spacial score (nSPS) is 16.7. The van der Waals surface area contributed by atoms with E-state index in [0.29, 0.717) is 33.5 Å². The van der Waals surface area contributed by atoms with Crippen LogP contribution in [0, 0.1) is 18.3 Å². The second kappa shape index (κ2) is 7.94. The average molecular weight is 415 g/mol. The molecule has 1 fully saturated rings. The highest BCUT2D eigenvalue weighted by molar-refractivity contribution is 7.99. The van der Waals surface area contributed by atoms with E-state index in [2.05, 4.69) is 31.1 Å². The number of hydrogen-bond donors (Lipinski definition) is 1. The molecular weight excluding hydrogens is 392 g/mol. The zero-order valence-corrected chi connectivity index (χ0v) is 17.9. The minimum Gasteiger partial charge on any atom is -0.324 e. The monoisotopic (exact) mass is 414 g/mol. The molecular formula is C20H22N4O2S2. The number of thioether (sulfide) groups is 1. The Morgan fingerprint density at radius 3 is 2.54 bits per heavy atom. The maximum Gasteiger partial charge on any atom is 0.267 e. The van der Waals surface area contributed by atoms with Gasteiger partial charge in [-0.15, -0.1) is 23.1 Å². The zero-order valence-electron chi connectivity index (χ0n) is 16.3. The van der Waals surface area contributed by atoms with Crippen LogP contribution in [0.5, 0.6) is 0 Å². The van der Waals surface area contributed by atoms with Crippen molar-refractivity contribution >= 4 is 40.6 Å². The standard InChI is InChI=1S/C20H22N4O2S2/c1-12-16(28-19(22-12)20(2,3)4)18(26)24-11-27-10-15(24)17(25)23-14-7-5-13(9-21)6-8-14/h5-8,15H,10-11H2,1-4H3,(H,23,25). The van der Waals surface area contributed by atoms with E-state index in [-0.39, 0.29) is 17.2 Å². The molecule has 8 heteroatoms. The lowest BCUT2D eigenvalue weighted by atomic mass is 9.98. The van der Waals surface area contributed by atoms with Gasteiger partial charge in [0.1, 0.15) is 10.9 Å². The lowest BCUT2D eigenvalue weighted by Crippen LogP contribution is -2.44. The molecule has 0 radical (unpaired) electrons. The summed E-state index contributed by atoms with van der Waals surface area (Å²) < 4.78 is 0. The molecule has 0 saturated carbocycles. The molecule has 28 heavy (non-hydrogen) atoms. The summed E-state index contributed by atoms with van der Waals surface area (Å²) in [7, 11) is 0. The van der Waals surface area contributed by atoms with Gasteiger partial charge >= 0.3 is 0 Å². The van der Waals surface area contributed by atoms with Gasteiger partial charge in [-0.2, -0.15) is 5.26 Å². The molecule has 1 saturated heterocycles. The second-order valence-corrected chi connectivity index (χ2v) is 9.65. The van der Waals surface area contributed by atoms with Crippen molar-refractivity contribution in [2.24, 2.45) is 0 Å². The number of amides is 2. The summed E-state index contributed by atoms with van der Waals surface area (Å²) >= 11 is 2.97. The summed E-state index contributed by atoms with van der Waals surface area (Å²) in [6.07, 6.45) is 0. The van der Waals surface area contributed by atoms with Gasteiger partial charge in [-0.05, 0) is 31.2 Å². The van der Waals surface area contributed by atoms with Gasteiger partial charge in [0.05, 0.1) is 28.2 Å². The van der Waals surface area contributed by atoms with E-state index >= 15 is 0 Å². The van der Waals surface area contributed by atoms with Gasteiger partial charge in [0, 0.05) is 16.9 Å². The Balaban J connectivity index is 1.76. The first kappa shape index (κ1) is 20.4. The summed E-state index contributed by atoms with van der Waals surface area (Å²) in [6, 6.07) is 8.19. The average Bonchev–Trinajstić information content (AvgIpc) is 3.28. The van der Waals surface area contributed by atoms with Gasteiger partial charge in [0.2, 0.25) is 5.91 Å². The molecule has 1 atom stereocenters. The van der Waals surface area contributed by atoms with Crippen LogP contribution in [-0.2, 0) is 10.2 Å². The molecule has 2 heterocycles. The first-order valence-electron chi connectivity index (χ1n) is 8.88. The second-order valence-electron chi connectivity index (χ2n) is 7.65. The number of benzene rings is 1. The highest BCUT2D eigenvalue weighted by Gasteiger charge is 2.37. The number of carbonyl (C=O) groups excluding carboxylic acids is 2. The van der Waals surface area contributed by atoms with Crippen LogP contribution in [0.25, 0.3) is 0 Å². The minimum atomic E-state index is -0.535. The van der Waals surface area contributed by atoms with Crippen LogP contribution >= 0.6 is 23.1 Å². The zero-order chi connectivity index (χ0) is 20.5. The predicted molar refractivity (Wildman–Crippen MR) is 113 cm³/mol. The van der Waals surface area contributed by atoms with Gasteiger partial charge in [0.15, 0.2) is 0 Å². The lowest BCUT2D eigenvalue weighted by Gasteiger charge is -2.22. The minimum absolute atomic E-state index is 0.125. The van der Waals surface area contributed by atoms with Gasteiger partial charge in [0.25, 0.3) is 5.91 Å². The van der Waals surface area contributed by atoms with Gasteiger partial charge < -0.3 is 10.2 Å².